The van der Waals surface area contributed by atoms with Crippen molar-refractivity contribution in [2.75, 3.05) is 19.8 Å². The van der Waals surface area contributed by atoms with E-state index in [1.165, 1.54) is 0 Å². The lowest BCUT2D eigenvalue weighted by atomic mass is 10.1. The minimum atomic E-state index is -6.13. The summed E-state index contributed by atoms with van der Waals surface area (Å²) >= 11 is 0. The van der Waals surface area contributed by atoms with E-state index in [2.05, 4.69) is 4.18 Å². The summed E-state index contributed by atoms with van der Waals surface area (Å²) in [6.45, 7) is 0.546. The van der Waals surface area contributed by atoms with Gasteiger partial charge >= 0.3 is 21.3 Å². The van der Waals surface area contributed by atoms with Crippen molar-refractivity contribution in [2.24, 2.45) is 0 Å². The molecule has 0 spiro atoms. The minimum absolute atomic E-state index is 0.261. The molecule has 0 aliphatic carbocycles. The molecule has 0 bridgehead atoms. The Labute approximate surface area is 203 Å². The molecule has 1 aromatic rings. The van der Waals surface area contributed by atoms with Gasteiger partial charge in [-0.15, -0.1) is 0 Å². The molecule has 36 heavy (non-hydrogen) atoms. The molecule has 1 aromatic heterocycles. The molecule has 0 amide bonds. The van der Waals surface area contributed by atoms with Crippen LogP contribution in [0.1, 0.15) is 44.8 Å². The largest absolute Gasteiger partial charge is 0.523 e. The van der Waals surface area contributed by atoms with Crippen LogP contribution in [0.5, 0.6) is 0 Å². The number of hydrogen-bond donors (Lipinski definition) is 1. The van der Waals surface area contributed by atoms with Crippen LogP contribution in [-0.2, 0) is 38.0 Å². The highest BCUT2D eigenvalue weighted by molar-refractivity contribution is 7.87. The van der Waals surface area contributed by atoms with Crippen molar-refractivity contribution < 1.29 is 49.5 Å². The van der Waals surface area contributed by atoms with Crippen LogP contribution in [0, 0.1) is 0 Å². The second-order valence-corrected chi connectivity index (χ2v) is 10.1. The van der Waals surface area contributed by atoms with E-state index in [1.807, 2.05) is 4.98 Å². The lowest BCUT2D eigenvalue weighted by Crippen LogP contribution is -2.46. The van der Waals surface area contributed by atoms with Gasteiger partial charge in [-0.2, -0.15) is 21.6 Å². The van der Waals surface area contributed by atoms with E-state index in [0.717, 1.165) is 36.1 Å². The first-order valence-electron chi connectivity index (χ1n) is 11.5. The molecule has 16 heteroatoms. The van der Waals surface area contributed by atoms with Crippen molar-refractivity contribution in [3.05, 3.63) is 33.1 Å². The summed E-state index contributed by atoms with van der Waals surface area (Å²) in [7, 11) is -6.13. The SMILES string of the molecule is O=c1ccn([C@@H]2O[C@H](COC3CCCCO3)[C@@H](OC3CCCCO3)[C@H]2OS(=O)(=O)C(F)(F)F)c(=O)[nH]1. The molecule has 1 N–H and O–H groups in total. The van der Waals surface area contributed by atoms with E-state index in [9.17, 15) is 31.2 Å². The Morgan fingerprint density at radius 3 is 2.28 bits per heavy atom. The Bertz CT molecular complexity index is 1100. The van der Waals surface area contributed by atoms with Gasteiger partial charge in [0.15, 0.2) is 24.9 Å². The molecule has 12 nitrogen and oxygen atoms in total. The number of halogens is 3. The molecule has 6 atom stereocenters. The molecule has 0 radical (unpaired) electrons. The van der Waals surface area contributed by atoms with Crippen molar-refractivity contribution in [3.8, 4) is 0 Å². The summed E-state index contributed by atoms with van der Waals surface area (Å²) in [6, 6.07) is 0.930. The van der Waals surface area contributed by atoms with Crippen LogP contribution in [0.4, 0.5) is 13.2 Å². The molecule has 0 saturated carbocycles. The number of nitrogens with one attached hydrogen (secondary N) is 1. The number of H-pyrrole nitrogens is 1. The average molecular weight is 545 g/mol. The molecule has 3 aliphatic heterocycles. The maximum atomic E-state index is 13.2. The Morgan fingerprint density at radius 2 is 1.69 bits per heavy atom. The average Bonchev–Trinajstić information content (AvgIpc) is 3.14. The third-order valence-corrected chi connectivity index (χ3v) is 7.01. The molecule has 2 unspecified atom stereocenters. The molecule has 204 valence electrons. The summed E-state index contributed by atoms with van der Waals surface area (Å²) in [6.07, 6.45) is -2.65. The van der Waals surface area contributed by atoms with E-state index in [-0.39, 0.29) is 6.61 Å². The van der Waals surface area contributed by atoms with E-state index in [1.54, 1.807) is 0 Å². The standard InChI is InChI=1S/C20H27F3N2O10S/c21-20(22,23)36(28,29)35-17-16(34-15-6-2-4-10-31-15)12(11-32-14-5-1-3-9-30-14)33-18(17)25-8-7-13(26)24-19(25)27/h7-8,12,14-18H,1-6,9-11H2,(H,24,26,27)/t12-,14?,15?,16-,17-,18-/m1/s1. The Kier molecular flexibility index (Phi) is 8.53. The van der Waals surface area contributed by atoms with Crippen molar-refractivity contribution >= 4 is 10.1 Å². The second-order valence-electron chi connectivity index (χ2n) is 8.57. The van der Waals surface area contributed by atoms with E-state index in [0.29, 0.717) is 32.5 Å². The van der Waals surface area contributed by atoms with Gasteiger partial charge in [0, 0.05) is 25.5 Å². The third-order valence-electron chi connectivity index (χ3n) is 5.96. The number of ether oxygens (including phenoxy) is 5. The van der Waals surface area contributed by atoms with Crippen molar-refractivity contribution in [2.45, 2.75) is 81.2 Å². The predicted octanol–water partition coefficient (Wildman–Crippen LogP) is 1.12. The number of rotatable bonds is 8. The van der Waals surface area contributed by atoms with Crippen LogP contribution in [0.2, 0.25) is 0 Å². The van der Waals surface area contributed by atoms with Crippen LogP contribution >= 0.6 is 0 Å². The fraction of sp³-hybridized carbons (Fsp3) is 0.800. The maximum absolute atomic E-state index is 13.2. The number of aromatic amines is 1. The first kappa shape index (κ1) is 27.2. The number of alkyl halides is 3. The van der Waals surface area contributed by atoms with Crippen molar-refractivity contribution in [1.29, 1.82) is 0 Å². The summed E-state index contributed by atoms with van der Waals surface area (Å²) in [5.41, 5.74) is -7.56. The van der Waals surface area contributed by atoms with Crippen LogP contribution in [0.3, 0.4) is 0 Å². The molecular formula is C20H27F3N2O10S. The normalized spacial score (nSPS) is 32.0. The first-order chi connectivity index (χ1) is 17.0. The lowest BCUT2D eigenvalue weighted by Gasteiger charge is -2.31. The van der Waals surface area contributed by atoms with Crippen molar-refractivity contribution in [1.82, 2.24) is 9.55 Å². The molecule has 0 aromatic carbocycles. The van der Waals surface area contributed by atoms with Gasteiger partial charge in [0.25, 0.3) is 5.56 Å². The molecule has 3 aliphatic rings. The van der Waals surface area contributed by atoms with E-state index >= 15 is 0 Å². The summed E-state index contributed by atoms with van der Waals surface area (Å²) in [5.74, 6) is 0. The number of nitrogens with zero attached hydrogens (tertiary/aromatic N) is 1. The van der Waals surface area contributed by atoms with Gasteiger partial charge in [0.05, 0.1) is 6.61 Å². The zero-order valence-electron chi connectivity index (χ0n) is 19.1. The van der Waals surface area contributed by atoms with Gasteiger partial charge in [0.1, 0.15) is 12.2 Å². The van der Waals surface area contributed by atoms with E-state index < -0.39 is 64.0 Å². The second kappa shape index (κ2) is 11.3. The van der Waals surface area contributed by atoms with Gasteiger partial charge in [-0.05, 0) is 38.5 Å². The number of aromatic nitrogens is 2. The monoisotopic (exact) mass is 544 g/mol. The molecule has 3 saturated heterocycles. The maximum Gasteiger partial charge on any atom is 0.523 e. The van der Waals surface area contributed by atoms with Crippen LogP contribution in [0.25, 0.3) is 0 Å². The van der Waals surface area contributed by atoms with E-state index in [4.69, 9.17) is 23.7 Å². The van der Waals surface area contributed by atoms with Crippen LogP contribution < -0.4 is 11.2 Å². The highest BCUT2D eigenvalue weighted by atomic mass is 32.2. The molecule has 4 heterocycles. The summed E-state index contributed by atoms with van der Waals surface area (Å²) in [5, 5.41) is 0. The van der Waals surface area contributed by atoms with Gasteiger partial charge < -0.3 is 23.7 Å². The summed E-state index contributed by atoms with van der Waals surface area (Å²) < 4.78 is 97.5. The molecular weight excluding hydrogens is 517 g/mol. The van der Waals surface area contributed by atoms with Gasteiger partial charge in [-0.1, -0.05) is 0 Å². The highest BCUT2D eigenvalue weighted by Crippen LogP contribution is 2.38. The third kappa shape index (κ3) is 6.35. The smallest absolute Gasteiger partial charge is 0.353 e. The fourth-order valence-corrected chi connectivity index (χ4v) is 4.81. The molecule has 3 fully saturated rings. The van der Waals surface area contributed by atoms with Crippen molar-refractivity contribution in [3.63, 3.8) is 0 Å². The highest BCUT2D eigenvalue weighted by Gasteiger charge is 2.56. The predicted molar refractivity (Wildman–Crippen MR) is 113 cm³/mol. The zero-order chi connectivity index (χ0) is 25.9. The van der Waals surface area contributed by atoms with Crippen LogP contribution in [-0.4, -0.2) is 74.2 Å². The lowest BCUT2D eigenvalue weighted by molar-refractivity contribution is -0.222. The Morgan fingerprint density at radius 1 is 1.03 bits per heavy atom. The van der Waals surface area contributed by atoms with Gasteiger partial charge in [-0.3, -0.25) is 18.5 Å². The minimum Gasteiger partial charge on any atom is -0.353 e. The molecule has 4 rings (SSSR count). The fourth-order valence-electron chi connectivity index (χ4n) is 4.20. The quantitative estimate of drug-likeness (QED) is 0.373. The van der Waals surface area contributed by atoms with Gasteiger partial charge in [0.2, 0.25) is 0 Å². The first-order valence-corrected chi connectivity index (χ1v) is 12.9. The zero-order valence-corrected chi connectivity index (χ0v) is 19.9. The topological polar surface area (TPSA) is 144 Å². The van der Waals surface area contributed by atoms with Crippen LogP contribution in [0.15, 0.2) is 21.9 Å². The Hall–Kier alpha value is -1.82. The number of hydrogen-bond acceptors (Lipinski definition) is 10. The Balaban J connectivity index is 1.66. The van der Waals surface area contributed by atoms with Gasteiger partial charge in [-0.25, -0.2) is 4.79 Å². The summed E-state index contributed by atoms with van der Waals surface area (Å²) in [4.78, 5) is 25.9.